The summed E-state index contributed by atoms with van der Waals surface area (Å²) in [5.41, 5.74) is 4.85. The van der Waals surface area contributed by atoms with Crippen LogP contribution in [0.4, 0.5) is 29.6 Å². The molecular formula is C10H15F3N6O. The van der Waals surface area contributed by atoms with Crippen LogP contribution in [0.1, 0.15) is 12.7 Å². The van der Waals surface area contributed by atoms with E-state index in [1.165, 1.54) is 6.07 Å². The number of alkyl halides is 3. The van der Waals surface area contributed by atoms with Gasteiger partial charge in [0.2, 0.25) is 5.82 Å². The Morgan fingerprint density at radius 1 is 1.25 bits per heavy atom. The van der Waals surface area contributed by atoms with E-state index in [1.807, 2.05) is 0 Å². The third kappa shape index (κ3) is 5.16. The summed E-state index contributed by atoms with van der Waals surface area (Å²) in [6.07, 6.45) is -4.63. The number of nitrogens with one attached hydrogen (secondary N) is 3. The Bertz CT molecular complexity index is 465. The minimum Gasteiger partial charge on any atom is -0.370 e. The molecule has 0 aliphatic heterocycles. The zero-order chi connectivity index (χ0) is 15.2. The number of aromatic nitrogens is 2. The van der Waals surface area contributed by atoms with Crippen LogP contribution in [0.2, 0.25) is 0 Å². The summed E-state index contributed by atoms with van der Waals surface area (Å²) >= 11 is 0. The largest absolute Gasteiger partial charge is 0.451 e. The van der Waals surface area contributed by atoms with Crippen LogP contribution in [-0.4, -0.2) is 35.6 Å². The Hall–Kier alpha value is -2.26. The summed E-state index contributed by atoms with van der Waals surface area (Å²) in [5.74, 6) is -1.16. The lowest BCUT2D eigenvalue weighted by Crippen LogP contribution is -2.33. The molecule has 0 bridgehead atoms. The topological polar surface area (TPSA) is 105 Å². The highest BCUT2D eigenvalue weighted by molar-refractivity contribution is 5.71. The van der Waals surface area contributed by atoms with Gasteiger partial charge in [0.15, 0.2) is 0 Å². The van der Waals surface area contributed by atoms with Crippen molar-refractivity contribution in [1.82, 2.24) is 15.3 Å². The molecule has 7 nitrogen and oxygen atoms in total. The number of primary amides is 1. The van der Waals surface area contributed by atoms with Gasteiger partial charge < -0.3 is 21.7 Å². The van der Waals surface area contributed by atoms with Crippen molar-refractivity contribution in [2.45, 2.75) is 13.1 Å². The van der Waals surface area contributed by atoms with Crippen molar-refractivity contribution in [2.75, 3.05) is 30.3 Å². The fourth-order valence-electron chi connectivity index (χ4n) is 1.31. The molecular weight excluding hydrogens is 277 g/mol. The van der Waals surface area contributed by atoms with Gasteiger partial charge in [0.1, 0.15) is 11.6 Å². The molecule has 112 valence electrons. The average molecular weight is 292 g/mol. The summed E-state index contributed by atoms with van der Waals surface area (Å²) in [6, 6.07) is 0.641. The smallest absolute Gasteiger partial charge is 0.370 e. The molecule has 0 aromatic carbocycles. The third-order valence-corrected chi connectivity index (χ3v) is 2.07. The van der Waals surface area contributed by atoms with Crippen LogP contribution in [0.5, 0.6) is 0 Å². The number of halogens is 3. The lowest BCUT2D eigenvalue weighted by molar-refractivity contribution is -0.144. The normalized spacial score (nSPS) is 11.0. The predicted octanol–water partition coefficient (Wildman–Crippen LogP) is 1.01. The van der Waals surface area contributed by atoms with Crippen molar-refractivity contribution in [2.24, 2.45) is 5.73 Å². The number of carbonyl (C=O) groups is 1. The van der Waals surface area contributed by atoms with Crippen molar-refractivity contribution in [3.63, 3.8) is 0 Å². The van der Waals surface area contributed by atoms with E-state index in [-0.39, 0.29) is 24.7 Å². The molecule has 0 aliphatic carbocycles. The van der Waals surface area contributed by atoms with Crippen molar-refractivity contribution >= 4 is 17.7 Å². The minimum atomic E-state index is -4.63. The lowest BCUT2D eigenvalue weighted by Gasteiger charge is -2.12. The van der Waals surface area contributed by atoms with Gasteiger partial charge in [-0.05, 0) is 6.92 Å². The van der Waals surface area contributed by atoms with Crippen LogP contribution in [0.25, 0.3) is 0 Å². The number of hydrogen-bond acceptors (Lipinski definition) is 5. The molecule has 1 heterocycles. The van der Waals surface area contributed by atoms with E-state index in [0.717, 1.165) is 0 Å². The van der Waals surface area contributed by atoms with Crippen LogP contribution in [-0.2, 0) is 6.18 Å². The van der Waals surface area contributed by atoms with E-state index in [0.29, 0.717) is 6.54 Å². The fraction of sp³-hybridized carbons (Fsp3) is 0.500. The van der Waals surface area contributed by atoms with Crippen molar-refractivity contribution in [3.05, 3.63) is 11.9 Å². The molecule has 20 heavy (non-hydrogen) atoms. The molecule has 0 saturated heterocycles. The number of hydrogen-bond donors (Lipinski definition) is 4. The van der Waals surface area contributed by atoms with Crippen LogP contribution >= 0.6 is 0 Å². The molecule has 10 heteroatoms. The first-order valence-corrected chi connectivity index (χ1v) is 5.80. The molecule has 1 aromatic rings. The van der Waals surface area contributed by atoms with Gasteiger partial charge in [0.25, 0.3) is 0 Å². The van der Waals surface area contributed by atoms with Crippen molar-refractivity contribution in [1.29, 1.82) is 0 Å². The molecule has 1 rings (SSSR count). The lowest BCUT2D eigenvalue weighted by atomic mass is 10.4. The SMILES string of the molecule is CCNc1cc(NCCNC(N)=O)nc(C(F)(F)F)n1. The molecule has 0 atom stereocenters. The van der Waals surface area contributed by atoms with E-state index in [1.54, 1.807) is 6.92 Å². The summed E-state index contributed by atoms with van der Waals surface area (Å²) in [4.78, 5) is 17.2. The number of nitrogens with zero attached hydrogens (tertiary/aromatic N) is 2. The Labute approximate surface area is 113 Å². The second-order valence-electron chi connectivity index (χ2n) is 3.71. The average Bonchev–Trinajstić information content (AvgIpc) is 2.33. The predicted molar refractivity (Wildman–Crippen MR) is 67.3 cm³/mol. The number of carbonyl (C=O) groups excluding carboxylic acids is 1. The maximum atomic E-state index is 12.6. The highest BCUT2D eigenvalue weighted by atomic mass is 19.4. The van der Waals surface area contributed by atoms with Crippen LogP contribution in [0, 0.1) is 0 Å². The highest BCUT2D eigenvalue weighted by Gasteiger charge is 2.35. The van der Waals surface area contributed by atoms with E-state index in [2.05, 4.69) is 25.9 Å². The Morgan fingerprint density at radius 2 is 1.85 bits per heavy atom. The zero-order valence-corrected chi connectivity index (χ0v) is 10.7. The van der Waals surface area contributed by atoms with Crippen molar-refractivity contribution < 1.29 is 18.0 Å². The van der Waals surface area contributed by atoms with Crippen LogP contribution in [0.3, 0.4) is 0 Å². The number of amides is 2. The van der Waals surface area contributed by atoms with Gasteiger partial charge in [-0.3, -0.25) is 0 Å². The van der Waals surface area contributed by atoms with Gasteiger partial charge in [-0.25, -0.2) is 14.8 Å². The molecule has 0 aliphatic rings. The molecule has 0 spiro atoms. The minimum absolute atomic E-state index is 0.00884. The van der Waals surface area contributed by atoms with Gasteiger partial charge in [-0.2, -0.15) is 13.2 Å². The van der Waals surface area contributed by atoms with Crippen LogP contribution < -0.4 is 21.7 Å². The molecule has 0 unspecified atom stereocenters. The number of nitrogens with two attached hydrogens (primary N) is 1. The quantitative estimate of drug-likeness (QED) is 0.586. The maximum Gasteiger partial charge on any atom is 0.451 e. The molecule has 2 amide bonds. The third-order valence-electron chi connectivity index (χ3n) is 2.07. The van der Waals surface area contributed by atoms with Gasteiger partial charge >= 0.3 is 12.2 Å². The number of anilines is 2. The van der Waals surface area contributed by atoms with Gasteiger partial charge in [-0.15, -0.1) is 0 Å². The number of urea groups is 1. The van der Waals surface area contributed by atoms with E-state index in [4.69, 9.17) is 5.73 Å². The zero-order valence-electron chi connectivity index (χ0n) is 10.7. The van der Waals surface area contributed by atoms with Gasteiger partial charge in [-0.1, -0.05) is 0 Å². The summed E-state index contributed by atoms with van der Waals surface area (Å²) < 4.78 is 37.9. The summed E-state index contributed by atoms with van der Waals surface area (Å²) in [7, 11) is 0. The Morgan fingerprint density at radius 3 is 2.35 bits per heavy atom. The molecule has 1 aromatic heterocycles. The van der Waals surface area contributed by atoms with E-state index < -0.39 is 18.0 Å². The summed E-state index contributed by atoms with van der Waals surface area (Å²) in [6.45, 7) is 2.51. The maximum absolute atomic E-state index is 12.6. The molecule has 0 saturated carbocycles. The molecule has 0 radical (unpaired) electrons. The van der Waals surface area contributed by atoms with Crippen molar-refractivity contribution in [3.8, 4) is 0 Å². The van der Waals surface area contributed by atoms with Gasteiger partial charge in [0.05, 0.1) is 0 Å². The van der Waals surface area contributed by atoms with E-state index >= 15 is 0 Å². The van der Waals surface area contributed by atoms with E-state index in [9.17, 15) is 18.0 Å². The van der Waals surface area contributed by atoms with Gasteiger partial charge in [0, 0.05) is 25.7 Å². The summed E-state index contributed by atoms with van der Waals surface area (Å²) in [5, 5.41) is 7.63. The first-order chi connectivity index (χ1) is 9.32. The fourth-order valence-corrected chi connectivity index (χ4v) is 1.31. The first-order valence-electron chi connectivity index (χ1n) is 5.80. The Kier molecular flexibility index (Phi) is 5.35. The standard InChI is InChI=1S/C10H15F3N6O/c1-2-15-6-5-7(16-3-4-17-9(14)20)19-8(18-6)10(11,12)13/h5H,2-4H2,1H3,(H3,14,17,20)(H2,15,16,18,19). The second-order valence-corrected chi connectivity index (χ2v) is 3.71. The first kappa shape index (κ1) is 15.8. The Balaban J connectivity index is 2.78. The molecule has 5 N–H and O–H groups in total. The number of rotatable bonds is 6. The monoisotopic (exact) mass is 292 g/mol. The van der Waals surface area contributed by atoms with Crippen LogP contribution in [0.15, 0.2) is 6.07 Å². The second kappa shape index (κ2) is 6.78. The molecule has 0 fully saturated rings. The highest BCUT2D eigenvalue weighted by Crippen LogP contribution is 2.28.